The first-order chi connectivity index (χ1) is 13.9. The minimum atomic E-state index is -3.77. The number of amides is 1. The summed E-state index contributed by atoms with van der Waals surface area (Å²) < 4.78 is 28.5. The minimum absolute atomic E-state index is 0.0315. The van der Waals surface area contributed by atoms with Gasteiger partial charge in [-0.25, -0.2) is 8.42 Å². The number of anilines is 1. The number of aliphatic hydroxyl groups excluding tert-OH is 1. The number of sulfonamides is 1. The number of benzene rings is 2. The summed E-state index contributed by atoms with van der Waals surface area (Å²) >= 11 is 0. The first-order valence-corrected chi connectivity index (χ1v) is 11.5. The van der Waals surface area contributed by atoms with Crippen LogP contribution in [0.1, 0.15) is 29.9 Å². The second-order valence-corrected chi connectivity index (χ2v) is 10.1. The second-order valence-electron chi connectivity index (χ2n) is 8.27. The Balaban J connectivity index is 1.59. The third-order valence-electron chi connectivity index (χ3n) is 6.41. The summed E-state index contributed by atoms with van der Waals surface area (Å²) in [6.45, 7) is 1.97. The average Bonchev–Trinajstić information content (AvgIpc) is 3.53. The third kappa shape index (κ3) is 2.79. The predicted octanol–water partition coefficient (Wildman–Crippen LogP) is 2.27. The van der Waals surface area contributed by atoms with E-state index in [2.05, 4.69) is 0 Å². The maximum absolute atomic E-state index is 13.5. The molecule has 0 aromatic heterocycles. The maximum Gasteiger partial charge on any atom is 0.264 e. The number of aryl methyl sites for hydroxylation is 1. The molecule has 1 aliphatic carbocycles. The zero-order valence-electron chi connectivity index (χ0n) is 16.2. The lowest BCUT2D eigenvalue weighted by Gasteiger charge is -2.59. The number of aliphatic hydroxyl groups is 1. The first kappa shape index (κ1) is 18.6. The predicted molar refractivity (Wildman–Crippen MR) is 109 cm³/mol. The molecule has 152 valence electrons. The number of carbonyl (C=O) groups excluding carboxylic acids is 1. The van der Waals surface area contributed by atoms with E-state index in [9.17, 15) is 18.3 Å². The highest BCUT2D eigenvalue weighted by molar-refractivity contribution is 7.92. The van der Waals surface area contributed by atoms with Crippen LogP contribution in [0.15, 0.2) is 53.4 Å². The molecule has 1 amide bonds. The normalized spacial score (nSPS) is 25.8. The van der Waals surface area contributed by atoms with Crippen LogP contribution in [0, 0.1) is 12.8 Å². The number of nitrogens with zero attached hydrogens (tertiary/aromatic N) is 2. The van der Waals surface area contributed by atoms with Gasteiger partial charge in [-0.3, -0.25) is 9.10 Å². The molecule has 2 aromatic rings. The molecule has 6 nitrogen and oxygen atoms in total. The van der Waals surface area contributed by atoms with Crippen LogP contribution in [0.2, 0.25) is 0 Å². The van der Waals surface area contributed by atoms with Crippen molar-refractivity contribution in [2.75, 3.05) is 17.5 Å². The largest absolute Gasteiger partial charge is 0.394 e. The fourth-order valence-electron chi connectivity index (χ4n) is 4.83. The molecule has 7 heteroatoms. The van der Waals surface area contributed by atoms with Gasteiger partial charge < -0.3 is 10.0 Å². The van der Waals surface area contributed by atoms with Crippen molar-refractivity contribution in [3.05, 3.63) is 59.7 Å². The number of fused-ring (bicyclic) bond motifs is 3. The van der Waals surface area contributed by atoms with Crippen molar-refractivity contribution < 1.29 is 18.3 Å². The third-order valence-corrected chi connectivity index (χ3v) is 8.18. The Morgan fingerprint density at radius 1 is 1.14 bits per heavy atom. The van der Waals surface area contributed by atoms with Crippen molar-refractivity contribution in [2.45, 2.75) is 42.7 Å². The van der Waals surface area contributed by atoms with Crippen LogP contribution in [0.5, 0.6) is 0 Å². The van der Waals surface area contributed by atoms with Crippen LogP contribution in [-0.4, -0.2) is 49.6 Å². The van der Waals surface area contributed by atoms with Gasteiger partial charge in [0.15, 0.2) is 0 Å². The summed E-state index contributed by atoms with van der Waals surface area (Å²) in [6.07, 6.45) is 1.76. The van der Waals surface area contributed by atoms with E-state index in [0.717, 1.165) is 24.0 Å². The van der Waals surface area contributed by atoms with Crippen molar-refractivity contribution in [3.8, 4) is 0 Å². The zero-order chi connectivity index (χ0) is 20.3. The lowest BCUT2D eigenvalue weighted by molar-refractivity contribution is -0.151. The second kappa shape index (κ2) is 6.57. The standard InChI is InChI=1S/C22H24N2O4S/c1-14-5-4-6-16(11-14)29(27,28)23-12-19-21(17-7-2-3-8-18(17)23)20(13-25)24(19)22(26)15-9-10-15/h2-8,11,15,19-21,25H,9-10,12-13H2,1H3/t19-,20+,21+/m0/s1. The Labute approximate surface area is 170 Å². The number of hydrogen-bond acceptors (Lipinski definition) is 4. The molecule has 5 rings (SSSR count). The molecule has 29 heavy (non-hydrogen) atoms. The molecular weight excluding hydrogens is 388 g/mol. The van der Waals surface area contributed by atoms with E-state index in [1.807, 2.05) is 37.3 Å². The van der Waals surface area contributed by atoms with Crippen LogP contribution >= 0.6 is 0 Å². The molecule has 1 saturated heterocycles. The van der Waals surface area contributed by atoms with Crippen LogP contribution in [0.3, 0.4) is 0 Å². The monoisotopic (exact) mass is 412 g/mol. The fraction of sp³-hybridized carbons (Fsp3) is 0.409. The van der Waals surface area contributed by atoms with Crippen LogP contribution in [0.4, 0.5) is 5.69 Å². The lowest BCUT2D eigenvalue weighted by atomic mass is 9.72. The Morgan fingerprint density at radius 3 is 2.59 bits per heavy atom. The summed E-state index contributed by atoms with van der Waals surface area (Å²) in [4.78, 5) is 14.8. The molecule has 0 radical (unpaired) electrons. The van der Waals surface area contributed by atoms with Crippen LogP contribution in [-0.2, 0) is 14.8 Å². The van der Waals surface area contributed by atoms with Crippen LogP contribution in [0.25, 0.3) is 0 Å². The molecule has 2 aliphatic heterocycles. The van der Waals surface area contributed by atoms with E-state index in [4.69, 9.17) is 0 Å². The highest BCUT2D eigenvalue weighted by atomic mass is 32.2. The Kier molecular flexibility index (Phi) is 4.22. The highest BCUT2D eigenvalue weighted by Gasteiger charge is 2.57. The van der Waals surface area contributed by atoms with Crippen LogP contribution < -0.4 is 4.31 Å². The van der Waals surface area contributed by atoms with E-state index < -0.39 is 10.0 Å². The molecule has 0 unspecified atom stereocenters. The van der Waals surface area contributed by atoms with Crippen molar-refractivity contribution in [3.63, 3.8) is 0 Å². The first-order valence-electron chi connectivity index (χ1n) is 10.0. The molecule has 2 fully saturated rings. The number of likely N-dealkylation sites (tertiary alicyclic amines) is 1. The van der Waals surface area contributed by atoms with Gasteiger partial charge in [-0.2, -0.15) is 0 Å². The fourth-order valence-corrected chi connectivity index (χ4v) is 6.44. The van der Waals surface area contributed by atoms with Gasteiger partial charge in [0.25, 0.3) is 10.0 Å². The van der Waals surface area contributed by atoms with E-state index in [1.54, 1.807) is 23.1 Å². The van der Waals surface area contributed by atoms with Crippen molar-refractivity contribution in [1.82, 2.24) is 4.90 Å². The Hall–Kier alpha value is -2.38. The number of hydrogen-bond donors (Lipinski definition) is 1. The molecule has 3 atom stereocenters. The number of rotatable bonds is 4. The maximum atomic E-state index is 13.5. The zero-order valence-corrected chi connectivity index (χ0v) is 17.0. The number of para-hydroxylation sites is 1. The summed E-state index contributed by atoms with van der Waals surface area (Å²) in [5.74, 6) is 0.0458. The smallest absolute Gasteiger partial charge is 0.264 e. The van der Waals surface area contributed by atoms with E-state index in [1.165, 1.54) is 4.31 Å². The van der Waals surface area contributed by atoms with Gasteiger partial charge in [0.2, 0.25) is 5.91 Å². The molecule has 0 bridgehead atoms. The average molecular weight is 413 g/mol. The summed E-state index contributed by atoms with van der Waals surface area (Å²) in [5, 5.41) is 9.98. The highest BCUT2D eigenvalue weighted by Crippen LogP contribution is 2.51. The van der Waals surface area contributed by atoms with Crippen molar-refractivity contribution >= 4 is 21.6 Å². The minimum Gasteiger partial charge on any atom is -0.394 e. The Bertz CT molecular complexity index is 1080. The molecule has 1 N–H and O–H groups in total. The Morgan fingerprint density at radius 2 is 1.90 bits per heavy atom. The SMILES string of the molecule is Cc1cccc(S(=O)(=O)N2C[C@H]3[C@@H](c4ccccc42)[C@@H](CO)N3C(=O)C2CC2)c1. The molecule has 2 heterocycles. The van der Waals surface area contributed by atoms with Gasteiger partial charge >= 0.3 is 0 Å². The lowest BCUT2D eigenvalue weighted by Crippen LogP contribution is -2.71. The van der Waals surface area contributed by atoms with Gasteiger partial charge in [-0.1, -0.05) is 30.3 Å². The molecule has 2 aromatic carbocycles. The molecular formula is C22H24N2O4S. The van der Waals surface area contributed by atoms with Gasteiger partial charge in [0.05, 0.1) is 35.8 Å². The van der Waals surface area contributed by atoms with Crippen molar-refractivity contribution in [2.24, 2.45) is 5.92 Å². The summed E-state index contributed by atoms with van der Waals surface area (Å²) in [6, 6.07) is 13.8. The topological polar surface area (TPSA) is 77.9 Å². The van der Waals surface area contributed by atoms with Crippen molar-refractivity contribution in [1.29, 1.82) is 0 Å². The van der Waals surface area contributed by atoms with Gasteiger partial charge in [0.1, 0.15) is 0 Å². The molecule has 1 saturated carbocycles. The van der Waals surface area contributed by atoms with E-state index in [-0.39, 0.29) is 47.9 Å². The molecule has 0 spiro atoms. The van der Waals surface area contributed by atoms with E-state index >= 15 is 0 Å². The number of carbonyl (C=O) groups is 1. The summed E-state index contributed by atoms with van der Waals surface area (Å²) in [5.41, 5.74) is 2.41. The van der Waals surface area contributed by atoms with Gasteiger partial charge in [-0.05, 0) is 49.1 Å². The summed E-state index contributed by atoms with van der Waals surface area (Å²) in [7, 11) is -3.77. The van der Waals surface area contributed by atoms with Gasteiger partial charge in [-0.15, -0.1) is 0 Å². The molecule has 3 aliphatic rings. The van der Waals surface area contributed by atoms with E-state index in [0.29, 0.717) is 5.69 Å². The van der Waals surface area contributed by atoms with Gasteiger partial charge in [0, 0.05) is 11.8 Å². The quantitative estimate of drug-likeness (QED) is 0.836.